The van der Waals surface area contributed by atoms with Crippen LogP contribution in [0.3, 0.4) is 0 Å². The van der Waals surface area contributed by atoms with Gasteiger partial charge in [0, 0.05) is 6.54 Å². The van der Waals surface area contributed by atoms with Crippen LogP contribution < -0.4 is 5.32 Å². The van der Waals surface area contributed by atoms with E-state index in [0.717, 1.165) is 46.6 Å². The van der Waals surface area contributed by atoms with Crippen molar-refractivity contribution in [3.05, 3.63) is 72.8 Å². The fourth-order valence-electron chi connectivity index (χ4n) is 4.55. The minimum absolute atomic E-state index is 0.0775. The molecule has 0 radical (unpaired) electrons. The number of carboxylic acids is 1. The minimum atomic E-state index is -0.716. The van der Waals surface area contributed by atoms with Gasteiger partial charge in [-0.3, -0.25) is 4.79 Å². The predicted octanol–water partition coefficient (Wildman–Crippen LogP) is 6.38. The molecular weight excluding hydrogens is 370 g/mol. The summed E-state index contributed by atoms with van der Waals surface area (Å²) in [6.45, 7) is 11.8. The summed E-state index contributed by atoms with van der Waals surface area (Å²) < 4.78 is 0. The van der Waals surface area contributed by atoms with Gasteiger partial charge in [0.1, 0.15) is 0 Å². The second-order valence-electron chi connectivity index (χ2n) is 9.08. The molecule has 0 aliphatic heterocycles. The highest BCUT2D eigenvalue weighted by atomic mass is 16.4. The monoisotopic (exact) mass is 403 g/mol. The van der Waals surface area contributed by atoms with Crippen LogP contribution in [0, 0.1) is 11.3 Å². The van der Waals surface area contributed by atoms with Gasteiger partial charge in [0.15, 0.2) is 0 Å². The number of rotatable bonds is 10. The third-order valence-corrected chi connectivity index (χ3v) is 6.23. The van der Waals surface area contributed by atoms with Crippen molar-refractivity contribution >= 4 is 27.5 Å². The molecule has 0 spiro atoms. The molecule has 0 heterocycles. The number of hydrogen-bond donors (Lipinski definition) is 2. The third-order valence-electron chi connectivity index (χ3n) is 6.23. The lowest BCUT2D eigenvalue weighted by molar-refractivity contribution is -0.143. The van der Waals surface area contributed by atoms with Crippen LogP contribution in [-0.4, -0.2) is 24.2 Å². The Morgan fingerprint density at radius 1 is 1.10 bits per heavy atom. The van der Waals surface area contributed by atoms with Gasteiger partial charge in [0.2, 0.25) is 0 Å². The zero-order valence-corrected chi connectivity index (χ0v) is 18.3. The van der Waals surface area contributed by atoms with E-state index >= 15 is 0 Å². The molecular formula is C27H33NO2. The molecule has 158 valence electrons. The quantitative estimate of drug-likeness (QED) is 0.235. The molecule has 0 amide bonds. The van der Waals surface area contributed by atoms with Gasteiger partial charge in [-0.15, -0.1) is 6.58 Å². The standard InChI is InChI=1S/C27H33NO2/c1-5-15-28-16-14-27(3,4)18-24(26(29)30)19(2)25-22-12-8-6-10-20(22)17-21-11-7-9-13-23(21)25/h5-13,17,19,24,28H,1,14-16,18H2,2-4H3,(H,29,30). The van der Waals surface area contributed by atoms with Gasteiger partial charge in [-0.1, -0.05) is 75.4 Å². The minimum Gasteiger partial charge on any atom is -0.481 e. The first-order valence-corrected chi connectivity index (χ1v) is 10.8. The van der Waals surface area contributed by atoms with E-state index in [2.05, 4.69) is 63.0 Å². The Balaban J connectivity index is 1.99. The van der Waals surface area contributed by atoms with E-state index in [-0.39, 0.29) is 11.3 Å². The van der Waals surface area contributed by atoms with Crippen molar-refractivity contribution in [2.24, 2.45) is 11.3 Å². The van der Waals surface area contributed by atoms with Crippen LogP contribution >= 0.6 is 0 Å². The smallest absolute Gasteiger partial charge is 0.307 e. The highest BCUT2D eigenvalue weighted by molar-refractivity contribution is 6.03. The average molecular weight is 404 g/mol. The zero-order valence-electron chi connectivity index (χ0n) is 18.3. The van der Waals surface area contributed by atoms with Crippen LogP contribution in [0.25, 0.3) is 21.5 Å². The number of fused-ring (bicyclic) bond motifs is 2. The number of hydrogen-bond acceptors (Lipinski definition) is 2. The second-order valence-corrected chi connectivity index (χ2v) is 9.08. The van der Waals surface area contributed by atoms with Crippen LogP contribution in [0.5, 0.6) is 0 Å². The Hall–Kier alpha value is -2.65. The summed E-state index contributed by atoms with van der Waals surface area (Å²) in [6.07, 6.45) is 3.41. The Kier molecular flexibility index (Phi) is 6.94. The summed E-state index contributed by atoms with van der Waals surface area (Å²) >= 11 is 0. The lowest BCUT2D eigenvalue weighted by atomic mass is 9.73. The molecule has 2 N–H and O–H groups in total. The molecule has 0 fully saturated rings. The van der Waals surface area contributed by atoms with Gasteiger partial charge in [0.05, 0.1) is 5.92 Å². The lowest BCUT2D eigenvalue weighted by Crippen LogP contribution is -2.30. The molecule has 0 saturated carbocycles. The van der Waals surface area contributed by atoms with Gasteiger partial charge >= 0.3 is 5.97 Å². The van der Waals surface area contributed by atoms with Crippen molar-refractivity contribution < 1.29 is 9.90 Å². The first kappa shape index (κ1) is 22.0. The average Bonchev–Trinajstić information content (AvgIpc) is 2.73. The predicted molar refractivity (Wildman–Crippen MR) is 127 cm³/mol. The van der Waals surface area contributed by atoms with Crippen LogP contribution in [0.4, 0.5) is 0 Å². The van der Waals surface area contributed by atoms with E-state index in [1.807, 2.05) is 30.3 Å². The third kappa shape index (κ3) is 4.91. The van der Waals surface area contributed by atoms with E-state index in [0.29, 0.717) is 6.42 Å². The maximum absolute atomic E-state index is 12.4. The van der Waals surface area contributed by atoms with Crippen molar-refractivity contribution in [2.45, 2.75) is 39.5 Å². The van der Waals surface area contributed by atoms with Gasteiger partial charge < -0.3 is 10.4 Å². The normalized spacial score (nSPS) is 14.0. The van der Waals surface area contributed by atoms with Crippen LogP contribution in [0.1, 0.15) is 45.1 Å². The summed E-state index contributed by atoms with van der Waals surface area (Å²) in [5, 5.41) is 18.2. The maximum Gasteiger partial charge on any atom is 0.307 e. The summed E-state index contributed by atoms with van der Waals surface area (Å²) in [7, 11) is 0. The van der Waals surface area contributed by atoms with Crippen molar-refractivity contribution in [1.29, 1.82) is 0 Å². The second kappa shape index (κ2) is 9.44. The van der Waals surface area contributed by atoms with Crippen LogP contribution in [0.15, 0.2) is 67.3 Å². The highest BCUT2D eigenvalue weighted by Gasteiger charge is 2.33. The Labute approximate surface area is 179 Å². The molecule has 2 atom stereocenters. The largest absolute Gasteiger partial charge is 0.481 e. The number of benzene rings is 3. The highest BCUT2D eigenvalue weighted by Crippen LogP contribution is 2.41. The van der Waals surface area contributed by atoms with Gasteiger partial charge in [-0.25, -0.2) is 0 Å². The fraction of sp³-hybridized carbons (Fsp3) is 0.370. The van der Waals surface area contributed by atoms with Gasteiger partial charge in [-0.2, -0.15) is 0 Å². The fourth-order valence-corrected chi connectivity index (χ4v) is 4.55. The van der Waals surface area contributed by atoms with Gasteiger partial charge in [-0.05, 0) is 63.9 Å². The van der Waals surface area contributed by atoms with Crippen molar-refractivity contribution in [2.75, 3.05) is 13.1 Å². The molecule has 0 bridgehead atoms. The molecule has 3 rings (SSSR count). The Morgan fingerprint density at radius 3 is 2.20 bits per heavy atom. The lowest BCUT2D eigenvalue weighted by Gasteiger charge is -2.32. The Morgan fingerprint density at radius 2 is 1.67 bits per heavy atom. The topological polar surface area (TPSA) is 49.3 Å². The van der Waals surface area contributed by atoms with Crippen molar-refractivity contribution in [3.8, 4) is 0 Å². The zero-order chi connectivity index (χ0) is 21.7. The number of carboxylic acid groups (broad SMARTS) is 1. The molecule has 3 nitrogen and oxygen atoms in total. The van der Waals surface area contributed by atoms with E-state index < -0.39 is 11.9 Å². The summed E-state index contributed by atoms with van der Waals surface area (Å²) in [5.74, 6) is -1.26. The first-order valence-electron chi connectivity index (χ1n) is 10.8. The summed E-state index contributed by atoms with van der Waals surface area (Å²) in [5.41, 5.74) is 1.07. The number of aliphatic carboxylic acids is 1. The van der Waals surface area contributed by atoms with E-state index in [9.17, 15) is 9.90 Å². The van der Waals surface area contributed by atoms with Gasteiger partial charge in [0.25, 0.3) is 0 Å². The molecule has 0 aliphatic carbocycles. The molecule has 2 unspecified atom stereocenters. The molecule has 0 aromatic heterocycles. The molecule has 3 aromatic rings. The van der Waals surface area contributed by atoms with Crippen LogP contribution in [-0.2, 0) is 4.79 Å². The number of nitrogens with one attached hydrogen (secondary N) is 1. The molecule has 0 saturated heterocycles. The summed E-state index contributed by atoms with van der Waals surface area (Å²) in [6, 6.07) is 18.8. The molecule has 0 aliphatic rings. The van der Waals surface area contributed by atoms with E-state index in [4.69, 9.17) is 0 Å². The van der Waals surface area contributed by atoms with Crippen molar-refractivity contribution in [3.63, 3.8) is 0 Å². The van der Waals surface area contributed by atoms with Crippen molar-refractivity contribution in [1.82, 2.24) is 5.32 Å². The first-order chi connectivity index (χ1) is 14.3. The summed E-state index contributed by atoms with van der Waals surface area (Å²) in [4.78, 5) is 12.4. The molecule has 3 aromatic carbocycles. The molecule has 30 heavy (non-hydrogen) atoms. The van der Waals surface area contributed by atoms with E-state index in [1.54, 1.807) is 0 Å². The Bertz CT molecular complexity index is 983. The van der Waals surface area contributed by atoms with E-state index in [1.165, 1.54) is 0 Å². The SMILES string of the molecule is C=CCNCCC(C)(C)CC(C(=O)O)C(C)c1c2ccccc2cc2ccccc12. The number of carbonyl (C=O) groups is 1. The maximum atomic E-state index is 12.4. The van der Waals surface area contributed by atoms with Crippen LogP contribution in [0.2, 0.25) is 0 Å². The molecule has 3 heteroatoms.